The summed E-state index contributed by atoms with van der Waals surface area (Å²) < 4.78 is 0. The van der Waals surface area contributed by atoms with E-state index in [9.17, 15) is 5.11 Å². The molecule has 2 rings (SSSR count). The first-order valence-corrected chi connectivity index (χ1v) is 5.42. The maximum Gasteiger partial charge on any atom is 0.153 e. The predicted octanol–water partition coefficient (Wildman–Crippen LogP) is 3.07. The minimum Gasteiger partial charge on any atom is -0.506 e. The Morgan fingerprint density at radius 2 is 2.12 bits per heavy atom. The highest BCUT2D eigenvalue weighted by molar-refractivity contribution is 6.31. The van der Waals surface area contributed by atoms with Crippen molar-refractivity contribution in [1.29, 1.82) is 0 Å². The normalized spacial score (nSPS) is 10.2. The number of hydrogen-bond acceptors (Lipinski definition) is 4. The van der Waals surface area contributed by atoms with Crippen LogP contribution < -0.4 is 11.1 Å². The van der Waals surface area contributed by atoms with Crippen LogP contribution in [0.3, 0.4) is 0 Å². The summed E-state index contributed by atoms with van der Waals surface area (Å²) in [7, 11) is 0. The molecule has 0 saturated carbocycles. The average molecular weight is 250 g/mol. The Labute approximate surface area is 104 Å². The van der Waals surface area contributed by atoms with E-state index in [1.807, 2.05) is 13.0 Å². The molecule has 4 nitrogen and oxygen atoms in total. The number of nitrogens with zero attached hydrogens (tertiary/aromatic N) is 1. The zero-order valence-corrected chi connectivity index (χ0v) is 9.99. The van der Waals surface area contributed by atoms with Crippen LogP contribution in [0, 0.1) is 6.92 Å². The summed E-state index contributed by atoms with van der Waals surface area (Å²) >= 11 is 5.85. The second-order valence-corrected chi connectivity index (χ2v) is 4.11. The van der Waals surface area contributed by atoms with Gasteiger partial charge in [0.05, 0.1) is 11.4 Å². The lowest BCUT2D eigenvalue weighted by atomic mass is 10.2. The van der Waals surface area contributed by atoms with Crippen molar-refractivity contribution >= 4 is 28.8 Å². The Hall–Kier alpha value is -1.94. The number of phenols is 1. The third kappa shape index (κ3) is 2.42. The minimum absolute atomic E-state index is 0.0945. The van der Waals surface area contributed by atoms with Crippen molar-refractivity contribution in [3.63, 3.8) is 0 Å². The summed E-state index contributed by atoms with van der Waals surface area (Å²) in [6, 6.07) is 6.55. The lowest BCUT2D eigenvalue weighted by Crippen LogP contribution is -2.00. The Bertz CT molecular complexity index is 557. The Morgan fingerprint density at radius 3 is 2.88 bits per heavy atom. The van der Waals surface area contributed by atoms with Gasteiger partial charge in [0.15, 0.2) is 5.82 Å². The van der Waals surface area contributed by atoms with E-state index in [1.165, 1.54) is 6.07 Å². The van der Waals surface area contributed by atoms with Gasteiger partial charge in [0.2, 0.25) is 0 Å². The van der Waals surface area contributed by atoms with Crippen LogP contribution in [-0.2, 0) is 0 Å². The molecule has 2 aromatic rings. The zero-order chi connectivity index (χ0) is 12.4. The molecule has 4 N–H and O–H groups in total. The van der Waals surface area contributed by atoms with Crippen LogP contribution in [0.2, 0.25) is 5.02 Å². The Kier molecular flexibility index (Phi) is 3.06. The topological polar surface area (TPSA) is 71.2 Å². The van der Waals surface area contributed by atoms with Gasteiger partial charge in [0.1, 0.15) is 5.75 Å². The number of phenolic OH excluding ortho intramolecular Hbond substituents is 1. The third-order valence-electron chi connectivity index (χ3n) is 2.42. The van der Waals surface area contributed by atoms with E-state index in [0.29, 0.717) is 22.2 Å². The van der Waals surface area contributed by atoms with Gasteiger partial charge in [0, 0.05) is 11.2 Å². The summed E-state index contributed by atoms with van der Waals surface area (Å²) in [6.45, 7) is 1.89. The van der Waals surface area contributed by atoms with Gasteiger partial charge in [-0.25, -0.2) is 4.98 Å². The molecule has 5 heteroatoms. The number of halogens is 1. The number of anilines is 3. The van der Waals surface area contributed by atoms with Gasteiger partial charge < -0.3 is 16.2 Å². The highest BCUT2D eigenvalue weighted by Crippen LogP contribution is 2.31. The molecule has 0 aliphatic rings. The van der Waals surface area contributed by atoms with Crippen molar-refractivity contribution in [2.75, 3.05) is 11.1 Å². The summed E-state index contributed by atoms with van der Waals surface area (Å²) in [5.41, 5.74) is 7.82. The number of aryl methyl sites for hydroxylation is 1. The second-order valence-electron chi connectivity index (χ2n) is 3.68. The number of rotatable bonds is 2. The number of nitrogen functional groups attached to an aromatic ring is 1. The van der Waals surface area contributed by atoms with Gasteiger partial charge in [-0.3, -0.25) is 0 Å². The summed E-state index contributed by atoms with van der Waals surface area (Å²) in [4.78, 5) is 4.11. The van der Waals surface area contributed by atoms with E-state index >= 15 is 0 Å². The van der Waals surface area contributed by atoms with E-state index in [1.54, 1.807) is 18.3 Å². The quantitative estimate of drug-likeness (QED) is 0.716. The smallest absolute Gasteiger partial charge is 0.153 e. The first kappa shape index (κ1) is 11.5. The van der Waals surface area contributed by atoms with Crippen molar-refractivity contribution in [1.82, 2.24) is 4.98 Å². The lowest BCUT2D eigenvalue weighted by Gasteiger charge is -2.11. The van der Waals surface area contributed by atoms with Crippen molar-refractivity contribution in [3.8, 4) is 5.75 Å². The Balaban J connectivity index is 2.38. The molecule has 1 heterocycles. The molecule has 0 atom stereocenters. The third-order valence-corrected chi connectivity index (χ3v) is 2.65. The molecule has 0 saturated heterocycles. The number of pyridine rings is 1. The van der Waals surface area contributed by atoms with Gasteiger partial charge >= 0.3 is 0 Å². The number of benzene rings is 1. The molecule has 0 amide bonds. The summed E-state index contributed by atoms with van der Waals surface area (Å²) in [5, 5.41) is 13.1. The van der Waals surface area contributed by atoms with Crippen LogP contribution in [-0.4, -0.2) is 10.1 Å². The summed E-state index contributed by atoms with van der Waals surface area (Å²) in [6.07, 6.45) is 1.65. The van der Waals surface area contributed by atoms with E-state index < -0.39 is 0 Å². The fourth-order valence-electron chi connectivity index (χ4n) is 1.41. The molecular weight excluding hydrogens is 238 g/mol. The molecule has 0 bridgehead atoms. The number of nitrogens with one attached hydrogen (secondary N) is 1. The molecular formula is C12H12ClN3O. The molecule has 1 aromatic heterocycles. The maximum atomic E-state index is 9.67. The molecule has 0 radical (unpaired) electrons. The molecule has 0 spiro atoms. The largest absolute Gasteiger partial charge is 0.506 e. The number of aromatic hydroxyl groups is 1. The predicted molar refractivity (Wildman–Crippen MR) is 69.8 cm³/mol. The molecule has 88 valence electrons. The van der Waals surface area contributed by atoms with Gasteiger partial charge in [-0.2, -0.15) is 0 Å². The zero-order valence-electron chi connectivity index (χ0n) is 9.24. The minimum atomic E-state index is 0.0945. The second kappa shape index (κ2) is 4.51. The SMILES string of the molecule is Cc1ccnc(Nc2cc(Cl)ccc2O)c1N. The maximum absolute atomic E-state index is 9.67. The van der Waals surface area contributed by atoms with Gasteiger partial charge in [0.25, 0.3) is 0 Å². The van der Waals surface area contributed by atoms with Crippen molar-refractivity contribution in [3.05, 3.63) is 41.0 Å². The van der Waals surface area contributed by atoms with Crippen molar-refractivity contribution < 1.29 is 5.11 Å². The van der Waals surface area contributed by atoms with Crippen molar-refractivity contribution in [2.45, 2.75) is 6.92 Å². The molecule has 17 heavy (non-hydrogen) atoms. The number of hydrogen-bond donors (Lipinski definition) is 3. The van der Waals surface area contributed by atoms with E-state index in [2.05, 4.69) is 10.3 Å². The number of nitrogens with two attached hydrogens (primary N) is 1. The van der Waals surface area contributed by atoms with Crippen molar-refractivity contribution in [2.24, 2.45) is 0 Å². The Morgan fingerprint density at radius 1 is 1.35 bits per heavy atom. The monoisotopic (exact) mass is 249 g/mol. The van der Waals surface area contributed by atoms with Crippen LogP contribution in [0.4, 0.5) is 17.2 Å². The van der Waals surface area contributed by atoms with Gasteiger partial charge in [-0.05, 0) is 36.8 Å². The first-order chi connectivity index (χ1) is 8.08. The average Bonchev–Trinajstić information content (AvgIpc) is 2.30. The lowest BCUT2D eigenvalue weighted by molar-refractivity contribution is 0.478. The molecule has 0 unspecified atom stereocenters. The van der Waals surface area contributed by atoms with Crippen LogP contribution >= 0.6 is 11.6 Å². The van der Waals surface area contributed by atoms with E-state index in [4.69, 9.17) is 17.3 Å². The van der Waals surface area contributed by atoms with Crippen LogP contribution in [0.1, 0.15) is 5.56 Å². The molecule has 1 aromatic carbocycles. The van der Waals surface area contributed by atoms with Crippen LogP contribution in [0.25, 0.3) is 0 Å². The fraction of sp³-hybridized carbons (Fsp3) is 0.0833. The molecule has 0 fully saturated rings. The fourth-order valence-corrected chi connectivity index (χ4v) is 1.58. The van der Waals surface area contributed by atoms with Crippen LogP contribution in [0.15, 0.2) is 30.5 Å². The molecule has 0 aliphatic carbocycles. The molecule has 0 aliphatic heterocycles. The van der Waals surface area contributed by atoms with Gasteiger partial charge in [-0.1, -0.05) is 11.6 Å². The van der Waals surface area contributed by atoms with E-state index in [0.717, 1.165) is 5.56 Å². The van der Waals surface area contributed by atoms with E-state index in [-0.39, 0.29) is 5.75 Å². The highest BCUT2D eigenvalue weighted by Gasteiger charge is 2.07. The first-order valence-electron chi connectivity index (χ1n) is 5.04. The standard InChI is InChI=1S/C12H12ClN3O/c1-7-4-5-15-12(11(7)14)16-9-6-8(13)2-3-10(9)17/h2-6,17H,14H2,1H3,(H,15,16). The highest BCUT2D eigenvalue weighted by atomic mass is 35.5. The van der Waals surface area contributed by atoms with Crippen LogP contribution in [0.5, 0.6) is 5.75 Å². The number of aromatic nitrogens is 1. The summed E-state index contributed by atoms with van der Waals surface area (Å²) in [5.74, 6) is 0.597. The van der Waals surface area contributed by atoms with Gasteiger partial charge in [-0.15, -0.1) is 0 Å².